The maximum Gasteiger partial charge on any atom is 0.239 e. The smallest absolute Gasteiger partial charge is 0.239 e. The molecule has 2 aromatic carbocycles. The summed E-state index contributed by atoms with van der Waals surface area (Å²) in [7, 11) is 0. The molecule has 1 N–H and O–H groups in total. The van der Waals surface area contributed by atoms with Crippen LogP contribution in [0.5, 0.6) is 0 Å². The van der Waals surface area contributed by atoms with Gasteiger partial charge in [0.1, 0.15) is 5.41 Å². The van der Waals surface area contributed by atoms with E-state index in [0.29, 0.717) is 26.9 Å². The largest absolute Gasteiger partial charge is 0.472 e. The molecule has 0 unspecified atom stereocenters. The van der Waals surface area contributed by atoms with Gasteiger partial charge < -0.3 is 9.73 Å². The summed E-state index contributed by atoms with van der Waals surface area (Å²) >= 11 is 12.4. The molecule has 6 heteroatoms. The van der Waals surface area contributed by atoms with Gasteiger partial charge in [0.15, 0.2) is 5.78 Å². The van der Waals surface area contributed by atoms with Crippen molar-refractivity contribution in [1.29, 1.82) is 0 Å². The maximum absolute atomic E-state index is 13.4. The van der Waals surface area contributed by atoms with Crippen LogP contribution in [0.4, 0.5) is 5.69 Å². The van der Waals surface area contributed by atoms with Gasteiger partial charge in [-0.25, -0.2) is 0 Å². The third-order valence-electron chi connectivity index (χ3n) is 5.75. The van der Waals surface area contributed by atoms with Crippen molar-refractivity contribution >= 4 is 46.2 Å². The van der Waals surface area contributed by atoms with Crippen LogP contribution in [0.3, 0.4) is 0 Å². The third-order valence-corrected chi connectivity index (χ3v) is 6.22. The van der Waals surface area contributed by atoms with E-state index in [1.807, 2.05) is 24.3 Å². The Bertz CT molecular complexity index is 1180. The van der Waals surface area contributed by atoms with Crippen LogP contribution >= 0.6 is 23.2 Å². The number of amides is 1. The van der Waals surface area contributed by atoms with Gasteiger partial charge in [-0.15, -0.1) is 0 Å². The molecule has 0 saturated heterocycles. The highest BCUT2D eigenvalue weighted by Gasteiger charge is 2.54. The first-order chi connectivity index (χ1) is 14.0. The van der Waals surface area contributed by atoms with Crippen LogP contribution in [0.1, 0.15) is 29.0 Å². The van der Waals surface area contributed by atoms with Gasteiger partial charge in [-0.1, -0.05) is 47.5 Å². The number of Topliss-reactive ketones (excluding diaryl/α,β-unsaturated/α-hetero) is 1. The van der Waals surface area contributed by atoms with Gasteiger partial charge in [0.05, 0.1) is 12.5 Å². The number of hydrogen-bond donors (Lipinski definition) is 1. The first-order valence-corrected chi connectivity index (χ1v) is 9.90. The molecular formula is C23H15Cl2NO3. The lowest BCUT2D eigenvalue weighted by Gasteiger charge is -2.37. The van der Waals surface area contributed by atoms with Crippen LogP contribution in [-0.2, 0) is 15.0 Å². The summed E-state index contributed by atoms with van der Waals surface area (Å²) in [6.45, 7) is 0. The minimum Gasteiger partial charge on any atom is -0.472 e. The molecule has 0 fully saturated rings. The van der Waals surface area contributed by atoms with Crippen molar-refractivity contribution in [3.8, 4) is 0 Å². The second kappa shape index (κ2) is 6.61. The van der Waals surface area contributed by atoms with E-state index in [0.717, 1.165) is 11.1 Å². The first-order valence-electron chi connectivity index (χ1n) is 9.14. The summed E-state index contributed by atoms with van der Waals surface area (Å²) in [4.78, 5) is 26.5. The van der Waals surface area contributed by atoms with Crippen molar-refractivity contribution in [3.05, 3.63) is 93.9 Å². The number of benzene rings is 2. The summed E-state index contributed by atoms with van der Waals surface area (Å²) in [5.41, 5.74) is 2.39. The Morgan fingerprint density at radius 2 is 1.86 bits per heavy atom. The molecule has 1 aliphatic heterocycles. The number of carbonyl (C=O) groups is 2. The standard InChI is InChI=1S/C23H15Cl2NO3/c24-15-3-1-2-13(8-15)19-10-21(27)17(14-6-7-29-12-14)11-23(19)18-5-4-16(25)9-20(18)26-22(23)28/h1-9,11-12,19H,10H2,(H,26,28)/t19-,23-/m0/s1. The lowest BCUT2D eigenvalue weighted by Crippen LogP contribution is -2.43. The number of carbonyl (C=O) groups excluding carboxylic acids is 2. The molecule has 0 bridgehead atoms. The minimum atomic E-state index is -1.05. The van der Waals surface area contributed by atoms with Gasteiger partial charge in [0, 0.05) is 39.2 Å². The Balaban J connectivity index is 1.80. The zero-order chi connectivity index (χ0) is 20.2. The summed E-state index contributed by atoms with van der Waals surface area (Å²) in [5.74, 6) is -0.628. The SMILES string of the molecule is O=C1C[C@@H](c2cccc(Cl)c2)[C@@]2(C=C1c1ccoc1)C(=O)Nc1cc(Cl)ccc12. The van der Waals surface area contributed by atoms with Crippen LogP contribution in [0.15, 0.2) is 71.6 Å². The molecule has 0 saturated carbocycles. The Morgan fingerprint density at radius 1 is 1.03 bits per heavy atom. The molecule has 5 rings (SSSR count). The lowest BCUT2D eigenvalue weighted by atomic mass is 9.62. The first kappa shape index (κ1) is 18.2. The van der Waals surface area contributed by atoms with Gasteiger partial charge >= 0.3 is 0 Å². The predicted molar refractivity (Wildman–Crippen MR) is 112 cm³/mol. The quantitative estimate of drug-likeness (QED) is 0.581. The molecule has 3 aromatic rings. The van der Waals surface area contributed by atoms with Gasteiger partial charge in [-0.3, -0.25) is 9.59 Å². The number of hydrogen-bond acceptors (Lipinski definition) is 3. The Labute approximate surface area is 177 Å². The van der Waals surface area contributed by atoms with E-state index < -0.39 is 11.3 Å². The van der Waals surface area contributed by atoms with Crippen molar-refractivity contribution in [2.75, 3.05) is 5.32 Å². The Hall–Kier alpha value is -2.82. The number of fused-ring (bicyclic) bond motifs is 2. The van der Waals surface area contributed by atoms with Crippen molar-refractivity contribution in [3.63, 3.8) is 0 Å². The molecule has 2 atom stereocenters. The molecule has 2 aliphatic rings. The fourth-order valence-corrected chi connectivity index (χ4v) is 4.82. The van der Waals surface area contributed by atoms with E-state index in [4.69, 9.17) is 27.6 Å². The van der Waals surface area contributed by atoms with Gasteiger partial charge in [-0.2, -0.15) is 0 Å². The highest BCUT2D eigenvalue weighted by atomic mass is 35.5. The number of ketones is 1. The minimum absolute atomic E-state index is 0.0442. The highest BCUT2D eigenvalue weighted by Crippen LogP contribution is 2.54. The second-order valence-electron chi connectivity index (χ2n) is 7.32. The Morgan fingerprint density at radius 3 is 2.62 bits per heavy atom. The van der Waals surface area contributed by atoms with Crippen LogP contribution in [0.2, 0.25) is 10.0 Å². The zero-order valence-corrected chi connectivity index (χ0v) is 16.6. The van der Waals surface area contributed by atoms with E-state index in [1.165, 1.54) is 12.5 Å². The number of nitrogens with one attached hydrogen (secondary N) is 1. The molecule has 144 valence electrons. The highest BCUT2D eigenvalue weighted by molar-refractivity contribution is 6.31. The molecule has 1 aromatic heterocycles. The molecular weight excluding hydrogens is 409 g/mol. The van der Waals surface area contributed by atoms with E-state index in [2.05, 4.69) is 5.32 Å². The van der Waals surface area contributed by atoms with Crippen molar-refractivity contribution in [2.45, 2.75) is 17.8 Å². The lowest BCUT2D eigenvalue weighted by molar-refractivity contribution is -0.121. The van der Waals surface area contributed by atoms with E-state index >= 15 is 0 Å². The van der Waals surface area contributed by atoms with Crippen LogP contribution in [0.25, 0.3) is 5.57 Å². The fraction of sp³-hybridized carbons (Fsp3) is 0.130. The van der Waals surface area contributed by atoms with Crippen LogP contribution < -0.4 is 5.32 Å². The van der Waals surface area contributed by atoms with E-state index in [-0.39, 0.29) is 18.1 Å². The molecule has 1 spiro atoms. The van der Waals surface area contributed by atoms with Crippen molar-refractivity contribution < 1.29 is 14.0 Å². The number of halogens is 2. The zero-order valence-electron chi connectivity index (χ0n) is 15.1. The number of allylic oxidation sites excluding steroid dienone is 1. The van der Waals surface area contributed by atoms with Gasteiger partial charge in [0.2, 0.25) is 5.91 Å². The molecule has 1 amide bonds. The average molecular weight is 424 g/mol. The predicted octanol–water partition coefficient (Wildman–Crippen LogP) is 5.62. The van der Waals surface area contributed by atoms with Crippen LogP contribution in [0, 0.1) is 0 Å². The van der Waals surface area contributed by atoms with Crippen LogP contribution in [-0.4, -0.2) is 11.7 Å². The topological polar surface area (TPSA) is 59.3 Å². The second-order valence-corrected chi connectivity index (χ2v) is 8.19. The third kappa shape index (κ3) is 2.75. The number of furan rings is 1. The molecule has 2 heterocycles. The molecule has 4 nitrogen and oxygen atoms in total. The average Bonchev–Trinajstić information content (AvgIpc) is 3.30. The fourth-order valence-electron chi connectivity index (χ4n) is 4.45. The van der Waals surface area contributed by atoms with Crippen molar-refractivity contribution in [1.82, 2.24) is 0 Å². The summed E-state index contributed by atoms with van der Waals surface area (Å²) in [6, 6.07) is 14.4. The summed E-state index contributed by atoms with van der Waals surface area (Å²) in [6.07, 6.45) is 4.99. The maximum atomic E-state index is 13.4. The molecule has 29 heavy (non-hydrogen) atoms. The van der Waals surface area contributed by atoms with Gasteiger partial charge in [-0.05, 0) is 41.5 Å². The summed E-state index contributed by atoms with van der Waals surface area (Å²) < 4.78 is 5.18. The number of rotatable bonds is 2. The molecule has 1 aliphatic carbocycles. The normalized spacial score (nSPS) is 23.1. The van der Waals surface area contributed by atoms with E-state index in [1.54, 1.807) is 30.3 Å². The van der Waals surface area contributed by atoms with Crippen molar-refractivity contribution in [2.24, 2.45) is 0 Å². The summed E-state index contributed by atoms with van der Waals surface area (Å²) in [5, 5.41) is 4.05. The van der Waals surface area contributed by atoms with Gasteiger partial charge in [0.25, 0.3) is 0 Å². The molecule has 0 radical (unpaired) electrons. The number of anilines is 1. The Kier molecular flexibility index (Phi) is 4.16. The van der Waals surface area contributed by atoms with E-state index in [9.17, 15) is 9.59 Å². The monoisotopic (exact) mass is 423 g/mol.